The first kappa shape index (κ1) is 23.5. The van der Waals surface area contributed by atoms with Gasteiger partial charge in [0.25, 0.3) is 0 Å². The number of nitrogens with one attached hydrogen (secondary N) is 2. The Morgan fingerprint density at radius 2 is 1.67 bits per heavy atom. The first-order valence-electron chi connectivity index (χ1n) is 13.4. The van der Waals surface area contributed by atoms with Gasteiger partial charge in [0, 0.05) is 59.9 Å². The summed E-state index contributed by atoms with van der Waals surface area (Å²) in [5.74, 6) is 0.746. The molecule has 3 aromatic heterocycles. The maximum Gasteiger partial charge on any atom is 0.138 e. The Balaban J connectivity index is 1.20. The molecule has 0 bridgehead atoms. The van der Waals surface area contributed by atoms with Crippen molar-refractivity contribution >= 4 is 27.5 Å². The first-order chi connectivity index (χ1) is 19.2. The molecule has 7 nitrogen and oxygen atoms in total. The zero-order valence-electron chi connectivity index (χ0n) is 21.9. The lowest BCUT2D eigenvalue weighted by Crippen LogP contribution is -2.44. The Morgan fingerprint density at radius 1 is 0.795 bits per heavy atom. The number of hydrogen-bond acceptors (Lipinski definition) is 5. The fourth-order valence-corrected chi connectivity index (χ4v) is 5.39. The molecular weight excluding hydrogens is 484 g/mol. The average Bonchev–Trinajstić information content (AvgIpc) is 3.61. The molecule has 1 aliphatic heterocycles. The summed E-state index contributed by atoms with van der Waals surface area (Å²) in [6.07, 6.45) is 3.64. The molecule has 39 heavy (non-hydrogen) atoms. The zero-order chi connectivity index (χ0) is 26.2. The number of aromatic amines is 2. The highest BCUT2D eigenvalue weighted by atomic mass is 16.5. The molecule has 2 N–H and O–H groups in total. The number of nitrogens with zero attached hydrogens (tertiary/aromatic N) is 4. The van der Waals surface area contributed by atoms with E-state index in [1.807, 2.05) is 30.5 Å². The molecule has 0 amide bonds. The summed E-state index contributed by atoms with van der Waals surface area (Å²) in [6, 6.07) is 27.3. The van der Waals surface area contributed by atoms with E-state index >= 15 is 0 Å². The number of piperazine rings is 1. The Labute approximate surface area is 227 Å². The molecule has 3 aromatic carbocycles. The smallest absolute Gasteiger partial charge is 0.138 e. The largest absolute Gasteiger partial charge is 0.487 e. The maximum absolute atomic E-state index is 6.03. The summed E-state index contributed by atoms with van der Waals surface area (Å²) >= 11 is 0. The van der Waals surface area contributed by atoms with Gasteiger partial charge >= 0.3 is 0 Å². The Morgan fingerprint density at radius 3 is 2.54 bits per heavy atom. The van der Waals surface area contributed by atoms with Crippen LogP contribution in [0, 0.1) is 0 Å². The Bertz CT molecular complexity index is 1750. The first-order valence-corrected chi connectivity index (χ1v) is 13.4. The van der Waals surface area contributed by atoms with Crippen molar-refractivity contribution in [3.8, 4) is 28.3 Å². The maximum atomic E-state index is 6.03. The normalized spacial score (nSPS) is 14.3. The van der Waals surface area contributed by atoms with Gasteiger partial charge in [-0.15, -0.1) is 0 Å². The fraction of sp³-hybridized carbons (Fsp3) is 0.188. The lowest BCUT2D eigenvalue weighted by atomic mass is 10.0. The molecule has 0 unspecified atom stereocenters. The van der Waals surface area contributed by atoms with Crippen LogP contribution >= 0.6 is 0 Å². The van der Waals surface area contributed by atoms with Gasteiger partial charge in [0.05, 0.1) is 17.4 Å². The minimum absolute atomic E-state index is 0.507. The van der Waals surface area contributed by atoms with Crippen LogP contribution in [-0.4, -0.2) is 58.3 Å². The van der Waals surface area contributed by atoms with Gasteiger partial charge in [-0.3, -0.25) is 10.1 Å². The number of H-pyrrole nitrogens is 2. The Kier molecular flexibility index (Phi) is 5.98. The van der Waals surface area contributed by atoms with E-state index in [2.05, 4.69) is 86.5 Å². The SMILES string of the molecule is CN1CCN(c2cccc3[nH]c(-c4n[nH]c5ccc(-c6cncc(OCc7ccccc7)c6)cc45)cc23)CC1. The van der Waals surface area contributed by atoms with E-state index < -0.39 is 0 Å². The third-order valence-electron chi connectivity index (χ3n) is 7.60. The molecule has 7 heteroatoms. The van der Waals surface area contributed by atoms with Crippen molar-refractivity contribution in [3.05, 3.63) is 96.8 Å². The topological polar surface area (TPSA) is 73.1 Å². The fourth-order valence-electron chi connectivity index (χ4n) is 5.39. The van der Waals surface area contributed by atoms with Crippen molar-refractivity contribution in [1.29, 1.82) is 0 Å². The highest BCUT2D eigenvalue weighted by Gasteiger charge is 2.19. The molecule has 1 fully saturated rings. The lowest BCUT2D eigenvalue weighted by molar-refractivity contribution is 0.305. The van der Waals surface area contributed by atoms with Crippen molar-refractivity contribution in [1.82, 2.24) is 25.1 Å². The molecule has 1 saturated heterocycles. The number of likely N-dealkylation sites (N-methyl/N-ethyl adjacent to an activating group) is 1. The van der Waals surface area contributed by atoms with Crippen molar-refractivity contribution < 1.29 is 4.74 Å². The molecule has 4 heterocycles. The molecule has 0 radical (unpaired) electrons. The highest BCUT2D eigenvalue weighted by Crippen LogP contribution is 2.35. The molecule has 0 saturated carbocycles. The van der Waals surface area contributed by atoms with Crippen LogP contribution in [0.25, 0.3) is 44.3 Å². The number of anilines is 1. The third kappa shape index (κ3) is 4.62. The number of benzene rings is 3. The second-order valence-corrected chi connectivity index (χ2v) is 10.2. The van der Waals surface area contributed by atoms with Crippen molar-refractivity contribution in [3.63, 3.8) is 0 Å². The number of aromatic nitrogens is 4. The van der Waals surface area contributed by atoms with Crippen molar-refractivity contribution in [2.45, 2.75) is 6.61 Å². The van der Waals surface area contributed by atoms with Gasteiger partial charge < -0.3 is 19.5 Å². The number of pyridine rings is 1. The molecule has 0 aliphatic carbocycles. The number of fused-ring (bicyclic) bond motifs is 2. The summed E-state index contributed by atoms with van der Waals surface area (Å²) in [5.41, 5.74) is 8.52. The van der Waals surface area contributed by atoms with Crippen LogP contribution in [0.3, 0.4) is 0 Å². The van der Waals surface area contributed by atoms with E-state index in [9.17, 15) is 0 Å². The summed E-state index contributed by atoms with van der Waals surface area (Å²) in [6.45, 7) is 4.73. The van der Waals surface area contributed by atoms with Crippen molar-refractivity contribution in [2.75, 3.05) is 38.1 Å². The minimum atomic E-state index is 0.507. The minimum Gasteiger partial charge on any atom is -0.487 e. The molecule has 0 atom stereocenters. The highest BCUT2D eigenvalue weighted by molar-refractivity contribution is 6.01. The van der Waals surface area contributed by atoms with Crippen LogP contribution in [0.5, 0.6) is 5.75 Å². The second-order valence-electron chi connectivity index (χ2n) is 10.2. The van der Waals surface area contributed by atoms with Crippen LogP contribution in [0.1, 0.15) is 5.56 Å². The van der Waals surface area contributed by atoms with Crippen LogP contribution in [0.2, 0.25) is 0 Å². The van der Waals surface area contributed by atoms with Crippen LogP contribution < -0.4 is 9.64 Å². The van der Waals surface area contributed by atoms with Gasteiger partial charge in [-0.1, -0.05) is 42.5 Å². The van der Waals surface area contributed by atoms with E-state index in [4.69, 9.17) is 9.84 Å². The van der Waals surface area contributed by atoms with E-state index in [0.29, 0.717) is 6.61 Å². The van der Waals surface area contributed by atoms with Gasteiger partial charge in [0.15, 0.2) is 0 Å². The van der Waals surface area contributed by atoms with E-state index in [0.717, 1.165) is 76.4 Å². The monoisotopic (exact) mass is 514 g/mol. The van der Waals surface area contributed by atoms with Crippen LogP contribution in [0.15, 0.2) is 91.3 Å². The molecule has 6 aromatic rings. The lowest BCUT2D eigenvalue weighted by Gasteiger charge is -2.34. The zero-order valence-corrected chi connectivity index (χ0v) is 21.9. The van der Waals surface area contributed by atoms with Crippen LogP contribution in [0.4, 0.5) is 5.69 Å². The van der Waals surface area contributed by atoms with Gasteiger partial charge in [0.2, 0.25) is 0 Å². The molecule has 0 spiro atoms. The standard InChI is InChI=1S/C32H30N6O/c1-37-12-14-38(15-13-37)31-9-5-8-28-26(31)18-30(34-28)32-27-17-23(10-11-29(27)35-36-32)24-16-25(20-33-19-24)39-21-22-6-3-2-4-7-22/h2-11,16-20,34H,12-15,21H2,1H3,(H,35,36). The predicted octanol–water partition coefficient (Wildman–Crippen LogP) is 6.10. The summed E-state index contributed by atoms with van der Waals surface area (Å²) in [4.78, 5) is 12.9. The van der Waals surface area contributed by atoms with Crippen LogP contribution in [-0.2, 0) is 6.61 Å². The number of ether oxygens (including phenoxy) is 1. The van der Waals surface area contributed by atoms with Gasteiger partial charge in [0.1, 0.15) is 18.1 Å². The molecule has 7 rings (SSSR count). The number of hydrogen-bond donors (Lipinski definition) is 2. The quantitative estimate of drug-likeness (QED) is 0.281. The average molecular weight is 515 g/mol. The third-order valence-corrected chi connectivity index (χ3v) is 7.60. The van der Waals surface area contributed by atoms with Gasteiger partial charge in [-0.25, -0.2) is 0 Å². The van der Waals surface area contributed by atoms with E-state index in [1.54, 1.807) is 6.20 Å². The molecule has 1 aliphatic rings. The summed E-state index contributed by atoms with van der Waals surface area (Å²) in [5, 5.41) is 10.2. The molecule has 194 valence electrons. The summed E-state index contributed by atoms with van der Waals surface area (Å²) < 4.78 is 6.03. The van der Waals surface area contributed by atoms with E-state index in [-0.39, 0.29) is 0 Å². The summed E-state index contributed by atoms with van der Waals surface area (Å²) in [7, 11) is 2.19. The van der Waals surface area contributed by atoms with Crippen molar-refractivity contribution in [2.24, 2.45) is 0 Å². The molecular formula is C32H30N6O. The number of rotatable bonds is 6. The van der Waals surface area contributed by atoms with Gasteiger partial charge in [-0.05, 0) is 54.6 Å². The van der Waals surface area contributed by atoms with E-state index in [1.165, 1.54) is 11.1 Å². The predicted molar refractivity (Wildman–Crippen MR) is 157 cm³/mol. The Hall–Kier alpha value is -4.62. The van der Waals surface area contributed by atoms with Gasteiger partial charge in [-0.2, -0.15) is 5.10 Å². The second kappa shape index (κ2) is 9.93.